The lowest BCUT2D eigenvalue weighted by Gasteiger charge is -2.19. The van der Waals surface area contributed by atoms with Gasteiger partial charge in [-0.05, 0) is 51.4 Å². The van der Waals surface area contributed by atoms with E-state index in [1.807, 2.05) is 0 Å². The third-order valence-corrected chi connectivity index (χ3v) is 11.2. The molecule has 0 bridgehead atoms. The fraction of sp³-hybridized carbons (Fsp3) is 0.796. The van der Waals surface area contributed by atoms with Gasteiger partial charge in [-0.25, -0.2) is 4.57 Å². The van der Waals surface area contributed by atoms with Gasteiger partial charge in [-0.15, -0.1) is 0 Å². The van der Waals surface area contributed by atoms with Crippen molar-refractivity contribution in [2.45, 2.75) is 225 Å². The summed E-state index contributed by atoms with van der Waals surface area (Å²) >= 11 is 0. The Morgan fingerprint density at radius 2 is 0.932 bits per heavy atom. The summed E-state index contributed by atoms with van der Waals surface area (Å²) in [5, 5.41) is 0. The minimum atomic E-state index is -4.39. The Balaban J connectivity index is 4.08. The first kappa shape index (κ1) is 57.0. The Morgan fingerprint density at radius 1 is 0.525 bits per heavy atom. The molecule has 0 spiro atoms. The normalized spacial score (nSPS) is 13.6. The van der Waals surface area contributed by atoms with E-state index in [4.69, 9.17) is 24.3 Å². The van der Waals surface area contributed by atoms with Crippen molar-refractivity contribution in [3.63, 3.8) is 0 Å². The van der Waals surface area contributed by atoms with E-state index >= 15 is 0 Å². The van der Waals surface area contributed by atoms with Crippen LogP contribution >= 0.6 is 7.82 Å². The molecule has 10 heteroatoms. The second kappa shape index (κ2) is 45.5. The largest absolute Gasteiger partial charge is 0.472 e. The molecular weight excluding hydrogens is 762 g/mol. The van der Waals surface area contributed by atoms with E-state index in [0.29, 0.717) is 6.42 Å². The minimum absolute atomic E-state index is 0.0485. The summed E-state index contributed by atoms with van der Waals surface area (Å²) in [6.45, 7) is 3.62. The second-order valence-electron chi connectivity index (χ2n) is 16.0. The predicted molar refractivity (Wildman–Crippen MR) is 247 cm³/mol. The third kappa shape index (κ3) is 45.3. The van der Waals surface area contributed by atoms with Crippen LogP contribution < -0.4 is 5.73 Å². The first-order valence-electron chi connectivity index (χ1n) is 24.1. The first-order valence-corrected chi connectivity index (χ1v) is 25.6. The van der Waals surface area contributed by atoms with Crippen LogP contribution in [-0.2, 0) is 32.7 Å². The maximum Gasteiger partial charge on any atom is 0.472 e. The van der Waals surface area contributed by atoms with Crippen LogP contribution in [-0.4, -0.2) is 49.3 Å². The van der Waals surface area contributed by atoms with Gasteiger partial charge < -0.3 is 20.1 Å². The van der Waals surface area contributed by atoms with Gasteiger partial charge in [0.2, 0.25) is 0 Å². The van der Waals surface area contributed by atoms with Crippen LogP contribution in [0.1, 0.15) is 219 Å². The lowest BCUT2D eigenvalue weighted by atomic mass is 10.0. The zero-order chi connectivity index (χ0) is 43.2. The van der Waals surface area contributed by atoms with Crippen molar-refractivity contribution in [1.29, 1.82) is 0 Å². The first-order chi connectivity index (χ1) is 28.8. The fourth-order valence-corrected chi connectivity index (χ4v) is 7.45. The summed E-state index contributed by atoms with van der Waals surface area (Å²) in [4.78, 5) is 35.0. The van der Waals surface area contributed by atoms with E-state index in [9.17, 15) is 19.0 Å². The number of unbranched alkanes of at least 4 members (excludes halogenated alkanes) is 24. The fourth-order valence-electron chi connectivity index (χ4n) is 6.69. The number of esters is 2. The van der Waals surface area contributed by atoms with E-state index in [0.717, 1.165) is 70.6 Å². The van der Waals surface area contributed by atoms with Gasteiger partial charge in [0.15, 0.2) is 6.10 Å². The van der Waals surface area contributed by atoms with Gasteiger partial charge in [-0.3, -0.25) is 18.6 Å². The van der Waals surface area contributed by atoms with Crippen LogP contribution in [0, 0.1) is 0 Å². The molecule has 9 nitrogen and oxygen atoms in total. The molecule has 59 heavy (non-hydrogen) atoms. The van der Waals surface area contributed by atoms with Gasteiger partial charge in [0.1, 0.15) is 6.61 Å². The van der Waals surface area contributed by atoms with Gasteiger partial charge in [0, 0.05) is 19.4 Å². The van der Waals surface area contributed by atoms with Crippen LogP contribution in [0.3, 0.4) is 0 Å². The number of allylic oxidation sites excluding steroid dienone is 8. The molecule has 0 saturated heterocycles. The van der Waals surface area contributed by atoms with Crippen LogP contribution in [0.25, 0.3) is 0 Å². The highest BCUT2D eigenvalue weighted by Crippen LogP contribution is 2.43. The Hall–Kier alpha value is -2.03. The van der Waals surface area contributed by atoms with E-state index in [1.165, 1.54) is 116 Å². The van der Waals surface area contributed by atoms with E-state index in [2.05, 4.69) is 62.5 Å². The molecule has 0 aliphatic rings. The molecule has 0 aliphatic carbocycles. The summed E-state index contributed by atoms with van der Waals surface area (Å²) in [5.74, 6) is -0.850. The predicted octanol–water partition coefficient (Wildman–Crippen LogP) is 14.3. The number of ether oxygens (including phenoxy) is 2. The van der Waals surface area contributed by atoms with Gasteiger partial charge in [-0.1, -0.05) is 204 Å². The Morgan fingerprint density at radius 3 is 1.39 bits per heavy atom. The number of phosphoric ester groups is 1. The summed E-state index contributed by atoms with van der Waals surface area (Å²) in [6.07, 6.45) is 52.9. The molecule has 0 aromatic carbocycles. The van der Waals surface area contributed by atoms with Crippen molar-refractivity contribution in [2.75, 3.05) is 26.4 Å². The Kier molecular flexibility index (Phi) is 43.9. The zero-order valence-corrected chi connectivity index (χ0v) is 38.9. The van der Waals surface area contributed by atoms with Crippen LogP contribution in [0.5, 0.6) is 0 Å². The summed E-state index contributed by atoms with van der Waals surface area (Å²) in [5.41, 5.74) is 5.36. The molecule has 0 aliphatic heterocycles. The molecule has 1 unspecified atom stereocenters. The minimum Gasteiger partial charge on any atom is -0.462 e. The molecule has 0 aromatic rings. The average molecular weight is 852 g/mol. The lowest BCUT2D eigenvalue weighted by Crippen LogP contribution is -2.29. The van der Waals surface area contributed by atoms with Crippen LogP contribution in [0.4, 0.5) is 0 Å². The molecule has 0 aromatic heterocycles. The number of nitrogens with two attached hydrogens (primary N) is 1. The second-order valence-corrected chi connectivity index (χ2v) is 17.4. The van der Waals surface area contributed by atoms with Gasteiger partial charge in [-0.2, -0.15) is 0 Å². The maximum absolute atomic E-state index is 12.6. The van der Waals surface area contributed by atoms with Crippen molar-refractivity contribution in [1.82, 2.24) is 0 Å². The van der Waals surface area contributed by atoms with Crippen molar-refractivity contribution in [3.8, 4) is 0 Å². The van der Waals surface area contributed by atoms with E-state index in [1.54, 1.807) is 0 Å². The molecule has 0 radical (unpaired) electrons. The molecule has 0 rings (SSSR count). The highest BCUT2D eigenvalue weighted by molar-refractivity contribution is 7.47. The number of phosphoric acid groups is 1. The molecule has 3 N–H and O–H groups in total. The number of carbonyl (C=O) groups excluding carboxylic acids is 2. The smallest absolute Gasteiger partial charge is 0.462 e. The number of hydrogen-bond donors (Lipinski definition) is 2. The molecule has 344 valence electrons. The molecule has 2 atom stereocenters. The van der Waals surface area contributed by atoms with Crippen molar-refractivity contribution < 1.29 is 37.6 Å². The van der Waals surface area contributed by atoms with Crippen molar-refractivity contribution >= 4 is 19.8 Å². The highest BCUT2D eigenvalue weighted by atomic mass is 31.2. The molecule has 0 amide bonds. The van der Waals surface area contributed by atoms with E-state index in [-0.39, 0.29) is 38.6 Å². The highest BCUT2D eigenvalue weighted by Gasteiger charge is 2.26. The lowest BCUT2D eigenvalue weighted by molar-refractivity contribution is -0.161. The number of hydrogen-bond acceptors (Lipinski definition) is 8. The summed E-state index contributed by atoms with van der Waals surface area (Å²) in [7, 11) is -4.39. The molecule has 0 saturated carbocycles. The van der Waals surface area contributed by atoms with Crippen molar-refractivity contribution in [3.05, 3.63) is 48.6 Å². The maximum atomic E-state index is 12.6. The number of carbonyl (C=O) groups is 2. The SMILES string of the molecule is CCC=CCC=CCC=CCC=CCCCCCCC(=O)O[C@H](COC(=O)CCCCCCCCCCCCCCCCCCCCCCC)COP(=O)(O)OCCN. The molecular formula is C49H90NO8P. The number of rotatable bonds is 45. The Bertz CT molecular complexity index is 1110. The average Bonchev–Trinajstić information content (AvgIpc) is 3.22. The van der Waals surface area contributed by atoms with E-state index < -0.39 is 26.5 Å². The topological polar surface area (TPSA) is 134 Å². The quantitative estimate of drug-likeness (QED) is 0.0266. The zero-order valence-electron chi connectivity index (χ0n) is 38.0. The standard InChI is InChI=1S/C49H90NO8P/c1-3-5-7-9-11-13-15-17-19-21-22-23-24-26-27-29-31-33-35-37-39-41-48(51)55-45-47(46-57-59(53,54)56-44-43-50)58-49(52)42-40-38-36-34-32-30-28-25-20-18-16-14-12-10-8-6-4-2/h6,8,12,14,18,20,28,30,47H,3-5,7,9-11,13,15-17,19,21-27,29,31-46,50H2,1-2H3,(H,53,54)/t47-/m1/s1. The van der Waals surface area contributed by atoms with Crippen molar-refractivity contribution in [2.24, 2.45) is 5.73 Å². The summed E-state index contributed by atoms with van der Waals surface area (Å²) in [6, 6.07) is 0. The Labute approximate surface area is 362 Å². The van der Waals surface area contributed by atoms with Crippen LogP contribution in [0.2, 0.25) is 0 Å². The van der Waals surface area contributed by atoms with Gasteiger partial charge >= 0.3 is 19.8 Å². The van der Waals surface area contributed by atoms with Crippen LogP contribution in [0.15, 0.2) is 48.6 Å². The molecule has 0 heterocycles. The monoisotopic (exact) mass is 852 g/mol. The third-order valence-electron chi connectivity index (χ3n) is 10.2. The molecule has 0 fully saturated rings. The summed E-state index contributed by atoms with van der Waals surface area (Å²) < 4.78 is 32.8. The van der Waals surface area contributed by atoms with Gasteiger partial charge in [0.05, 0.1) is 13.2 Å². The van der Waals surface area contributed by atoms with Gasteiger partial charge in [0.25, 0.3) is 0 Å².